The molecule has 0 fully saturated rings. The number of nitrogens with two attached hydrogens (primary N) is 1. The fourth-order valence-corrected chi connectivity index (χ4v) is 3.98. The summed E-state index contributed by atoms with van der Waals surface area (Å²) in [5.74, 6) is 0.624. The monoisotopic (exact) mass is 409 g/mol. The van der Waals surface area contributed by atoms with Gasteiger partial charge in [0.05, 0.1) is 29.8 Å². The molecule has 148 valence electrons. The van der Waals surface area contributed by atoms with Crippen molar-refractivity contribution in [3.05, 3.63) is 64.4 Å². The molecule has 0 saturated heterocycles. The van der Waals surface area contributed by atoms with Gasteiger partial charge < -0.3 is 10.5 Å². The molecule has 8 nitrogen and oxygen atoms in total. The van der Waals surface area contributed by atoms with Crippen LogP contribution in [0.25, 0.3) is 16.7 Å². The number of rotatable bonds is 6. The number of hydrogen-bond donors (Lipinski definition) is 1. The highest BCUT2D eigenvalue weighted by Gasteiger charge is 2.20. The van der Waals surface area contributed by atoms with E-state index in [0.717, 1.165) is 5.56 Å². The smallest absolute Gasteiger partial charge is 0.263 e. The predicted molar refractivity (Wildman–Crippen MR) is 111 cm³/mol. The Bertz CT molecular complexity index is 1280. The lowest BCUT2D eigenvalue weighted by atomic mass is 10.2. The van der Waals surface area contributed by atoms with Crippen molar-refractivity contribution in [3.8, 4) is 5.75 Å². The lowest BCUT2D eigenvalue weighted by Crippen LogP contribution is -2.25. The lowest BCUT2D eigenvalue weighted by Gasteiger charge is -2.13. The Morgan fingerprint density at radius 3 is 2.66 bits per heavy atom. The van der Waals surface area contributed by atoms with Crippen LogP contribution in [0.4, 0.5) is 0 Å². The van der Waals surface area contributed by atoms with Crippen molar-refractivity contribution in [1.29, 1.82) is 0 Å². The van der Waals surface area contributed by atoms with E-state index in [4.69, 9.17) is 10.5 Å². The summed E-state index contributed by atoms with van der Waals surface area (Å²) >= 11 is 1.21. The molecule has 1 atom stereocenters. The molecular formula is C20H19N5O3S. The molecule has 9 heteroatoms. The Kier molecular flexibility index (Phi) is 4.98. The van der Waals surface area contributed by atoms with E-state index in [1.165, 1.54) is 11.8 Å². The van der Waals surface area contributed by atoms with Crippen LogP contribution in [-0.2, 0) is 11.3 Å². The SMILES string of the molecule is COc1ccccc1Cn1c(=O)c2ccccc2n2c(SC(C)C(N)=O)nnc12. The van der Waals surface area contributed by atoms with Gasteiger partial charge >= 0.3 is 0 Å². The first-order chi connectivity index (χ1) is 14.0. The van der Waals surface area contributed by atoms with Gasteiger partial charge in [0.2, 0.25) is 11.7 Å². The molecule has 0 radical (unpaired) electrons. The van der Waals surface area contributed by atoms with Crippen LogP contribution in [0.2, 0.25) is 0 Å². The molecule has 0 saturated carbocycles. The minimum absolute atomic E-state index is 0.175. The number of thioether (sulfide) groups is 1. The number of primary amides is 1. The Labute approximate surface area is 170 Å². The number of aromatic nitrogens is 4. The first-order valence-electron chi connectivity index (χ1n) is 8.95. The molecule has 2 aromatic carbocycles. The zero-order valence-corrected chi connectivity index (χ0v) is 16.7. The maximum atomic E-state index is 13.2. The van der Waals surface area contributed by atoms with Crippen LogP contribution < -0.4 is 16.0 Å². The zero-order chi connectivity index (χ0) is 20.5. The molecule has 0 aliphatic rings. The summed E-state index contributed by atoms with van der Waals surface area (Å²) < 4.78 is 8.78. The van der Waals surface area contributed by atoms with Gasteiger partial charge in [0, 0.05) is 5.56 Å². The molecule has 0 bridgehead atoms. The van der Waals surface area contributed by atoms with Crippen LogP contribution in [0.1, 0.15) is 12.5 Å². The standard InChI is InChI=1S/C20H19N5O3S/c1-12(17(21)26)29-20-23-22-19-24(11-13-7-3-6-10-16(13)28-2)18(27)14-8-4-5-9-15(14)25(19)20/h3-10,12H,11H2,1-2H3,(H2,21,26). The highest BCUT2D eigenvalue weighted by molar-refractivity contribution is 8.00. The summed E-state index contributed by atoms with van der Waals surface area (Å²) in [7, 11) is 1.59. The number of methoxy groups -OCH3 is 1. The fraction of sp³-hybridized carbons (Fsp3) is 0.200. The minimum atomic E-state index is -0.490. The summed E-state index contributed by atoms with van der Waals surface area (Å²) in [6, 6.07) is 14.8. The van der Waals surface area contributed by atoms with Crippen LogP contribution in [0.5, 0.6) is 5.75 Å². The number of fused-ring (bicyclic) bond motifs is 3. The van der Waals surface area contributed by atoms with Gasteiger partial charge in [0.15, 0.2) is 5.16 Å². The Morgan fingerprint density at radius 1 is 1.17 bits per heavy atom. The largest absolute Gasteiger partial charge is 0.496 e. The summed E-state index contributed by atoms with van der Waals surface area (Å²) in [4.78, 5) is 24.8. The third-order valence-corrected chi connectivity index (χ3v) is 5.74. The van der Waals surface area contributed by atoms with Crippen LogP contribution in [0.15, 0.2) is 58.5 Å². The molecule has 4 aromatic rings. The van der Waals surface area contributed by atoms with Gasteiger partial charge in [0.25, 0.3) is 5.56 Å². The van der Waals surface area contributed by atoms with E-state index in [1.54, 1.807) is 29.1 Å². The second kappa shape index (κ2) is 7.59. The van der Waals surface area contributed by atoms with E-state index >= 15 is 0 Å². The molecular weight excluding hydrogens is 390 g/mol. The summed E-state index contributed by atoms with van der Waals surface area (Å²) in [6.45, 7) is 1.98. The van der Waals surface area contributed by atoms with Crippen LogP contribution >= 0.6 is 11.8 Å². The number of amides is 1. The molecule has 29 heavy (non-hydrogen) atoms. The minimum Gasteiger partial charge on any atom is -0.496 e. The van der Waals surface area contributed by atoms with Crippen LogP contribution in [0.3, 0.4) is 0 Å². The molecule has 0 aliphatic heterocycles. The fourth-order valence-electron chi connectivity index (χ4n) is 3.17. The predicted octanol–water partition coefficient (Wildman–Crippen LogP) is 2.07. The molecule has 0 aliphatic carbocycles. The molecule has 2 aromatic heterocycles. The van der Waals surface area contributed by atoms with Gasteiger partial charge in [-0.05, 0) is 25.1 Å². The topological polar surface area (TPSA) is 105 Å². The van der Waals surface area contributed by atoms with Gasteiger partial charge in [-0.15, -0.1) is 10.2 Å². The van der Waals surface area contributed by atoms with Crippen molar-refractivity contribution in [2.75, 3.05) is 7.11 Å². The number of nitrogens with zero attached hydrogens (tertiary/aromatic N) is 4. The van der Waals surface area contributed by atoms with E-state index in [2.05, 4.69) is 10.2 Å². The Morgan fingerprint density at radius 2 is 1.90 bits per heavy atom. The van der Waals surface area contributed by atoms with Crippen molar-refractivity contribution in [1.82, 2.24) is 19.2 Å². The van der Waals surface area contributed by atoms with Crippen LogP contribution in [0, 0.1) is 0 Å². The molecule has 1 unspecified atom stereocenters. The number of ether oxygens (including phenoxy) is 1. The average Bonchev–Trinajstić information content (AvgIpc) is 3.14. The van der Waals surface area contributed by atoms with E-state index in [9.17, 15) is 9.59 Å². The third kappa shape index (κ3) is 3.33. The van der Waals surface area contributed by atoms with Gasteiger partial charge in [-0.1, -0.05) is 42.1 Å². The van der Waals surface area contributed by atoms with Crippen molar-refractivity contribution >= 4 is 34.3 Å². The average molecular weight is 409 g/mol. The maximum Gasteiger partial charge on any atom is 0.263 e. The van der Waals surface area contributed by atoms with Crippen molar-refractivity contribution < 1.29 is 9.53 Å². The van der Waals surface area contributed by atoms with Gasteiger partial charge in [0.1, 0.15) is 5.75 Å². The Hall–Kier alpha value is -3.33. The quantitative estimate of drug-likeness (QED) is 0.489. The highest BCUT2D eigenvalue weighted by Crippen LogP contribution is 2.26. The summed E-state index contributed by atoms with van der Waals surface area (Å²) in [5, 5.41) is 9.02. The second-order valence-corrected chi connectivity index (χ2v) is 7.81. The van der Waals surface area contributed by atoms with Crippen LogP contribution in [-0.4, -0.2) is 37.4 Å². The lowest BCUT2D eigenvalue weighted by molar-refractivity contribution is -0.117. The second-order valence-electron chi connectivity index (χ2n) is 6.50. The van der Waals surface area contributed by atoms with E-state index in [1.807, 2.05) is 42.5 Å². The van der Waals surface area contributed by atoms with Crippen molar-refractivity contribution in [2.45, 2.75) is 23.9 Å². The third-order valence-electron chi connectivity index (χ3n) is 4.68. The Balaban J connectivity index is 1.97. The number of hydrogen-bond acceptors (Lipinski definition) is 6. The summed E-state index contributed by atoms with van der Waals surface area (Å²) in [6.07, 6.45) is 0. The first-order valence-corrected chi connectivity index (χ1v) is 9.83. The molecule has 4 rings (SSSR count). The van der Waals surface area contributed by atoms with Gasteiger partial charge in [-0.3, -0.25) is 18.6 Å². The first kappa shape index (κ1) is 19.0. The van der Waals surface area contributed by atoms with E-state index < -0.39 is 11.2 Å². The van der Waals surface area contributed by atoms with Crippen molar-refractivity contribution in [2.24, 2.45) is 5.73 Å². The summed E-state index contributed by atoms with van der Waals surface area (Å²) in [5.41, 5.74) is 6.75. The molecule has 0 spiro atoms. The van der Waals surface area contributed by atoms with E-state index in [-0.39, 0.29) is 12.1 Å². The molecule has 2 heterocycles. The van der Waals surface area contributed by atoms with Gasteiger partial charge in [-0.2, -0.15) is 0 Å². The number of carbonyl (C=O) groups excluding carboxylic acids is 1. The zero-order valence-electron chi connectivity index (χ0n) is 15.9. The van der Waals surface area contributed by atoms with Gasteiger partial charge in [-0.25, -0.2) is 0 Å². The van der Waals surface area contributed by atoms with Crippen molar-refractivity contribution in [3.63, 3.8) is 0 Å². The molecule has 1 amide bonds. The number of benzene rings is 2. The maximum absolute atomic E-state index is 13.2. The number of para-hydroxylation sites is 2. The normalized spacial score (nSPS) is 12.3. The van der Waals surface area contributed by atoms with E-state index in [0.29, 0.717) is 27.6 Å². The molecule has 2 N–H and O–H groups in total. The number of carbonyl (C=O) groups is 1. The highest BCUT2D eigenvalue weighted by atomic mass is 32.2.